The monoisotopic (exact) mass is 634 g/mol. The highest BCUT2D eigenvalue weighted by atomic mass is 32.3. The van der Waals surface area contributed by atoms with Gasteiger partial charge >= 0.3 is 10.4 Å². The van der Waals surface area contributed by atoms with Crippen LogP contribution in [0.1, 0.15) is 140 Å². The van der Waals surface area contributed by atoms with Gasteiger partial charge in [-0.15, -0.1) is 0 Å². The van der Waals surface area contributed by atoms with E-state index in [9.17, 15) is 0 Å². The van der Waals surface area contributed by atoms with E-state index in [2.05, 4.69) is 88.4 Å². The molecule has 0 aliphatic heterocycles. The van der Waals surface area contributed by atoms with E-state index in [1.807, 2.05) is 0 Å². The maximum atomic E-state index is 8.74. The molecule has 8 heteroatoms. The van der Waals surface area contributed by atoms with Crippen molar-refractivity contribution >= 4 is 22.6 Å². The van der Waals surface area contributed by atoms with Gasteiger partial charge in [-0.1, -0.05) is 139 Å². The molecular weight excluding hydrogens is 572 g/mol. The van der Waals surface area contributed by atoms with Crippen LogP contribution in [0.25, 0.3) is 12.2 Å². The minimum Gasteiger partial charge on any atom is -0.456 e. The number of allylic oxidation sites excluding steroid dienone is 2. The lowest BCUT2D eigenvalue weighted by Crippen LogP contribution is -1.98. The summed E-state index contributed by atoms with van der Waals surface area (Å²) in [6, 6.07) is 13.2. The van der Waals surface area contributed by atoms with Crippen LogP contribution < -0.4 is 17.0 Å². The Morgan fingerprint density at radius 3 is 1.23 bits per heavy atom. The van der Waals surface area contributed by atoms with Gasteiger partial charge in [0.1, 0.15) is 11.5 Å². The molecule has 0 fully saturated rings. The minimum atomic E-state index is -4.67. The molecule has 2 aromatic rings. The zero-order valence-corrected chi connectivity index (χ0v) is 28.8. The van der Waals surface area contributed by atoms with Crippen molar-refractivity contribution in [3.63, 3.8) is 0 Å². The summed E-state index contributed by atoms with van der Waals surface area (Å²) in [6.45, 7) is 8.77. The summed E-state index contributed by atoms with van der Waals surface area (Å²) in [6.07, 6.45) is 29.7. The summed E-state index contributed by atoms with van der Waals surface area (Å²) in [5, 5.41) is 0. The maximum Gasteiger partial charge on any atom is 0.394 e. The van der Waals surface area contributed by atoms with Crippen molar-refractivity contribution in [1.29, 1.82) is 0 Å². The fourth-order valence-electron chi connectivity index (χ4n) is 5.17. The van der Waals surface area contributed by atoms with Crippen molar-refractivity contribution in [2.24, 2.45) is 0 Å². The fourth-order valence-corrected chi connectivity index (χ4v) is 5.17. The third-order valence-corrected chi connectivity index (χ3v) is 7.30. The molecule has 0 heterocycles. The first-order valence-electron chi connectivity index (χ1n) is 16.1. The predicted octanol–water partition coefficient (Wildman–Crippen LogP) is 11.8. The van der Waals surface area contributed by atoms with Crippen molar-refractivity contribution in [2.75, 3.05) is 0 Å². The molecule has 7 nitrogen and oxygen atoms in total. The zero-order valence-electron chi connectivity index (χ0n) is 28.0. The molecule has 0 spiro atoms. The standard InChI is InChI=1S/C36H54O.2H3N.H2O4S/c1-5-9-11-13-15-17-19-25-31-27-21-29-35(33(31)23-7-3)37-36-30-22-28-32(34(36)24-8-4)26-20-18-16-14-12-10-6-2;;;1-5(2,3)4/h7-8,21-24,27-30H,5-6,9-20,25-26H2,1-4H3;2*1H3;(H2,1,2,3,4). The van der Waals surface area contributed by atoms with Crippen LogP contribution in [0.15, 0.2) is 48.6 Å². The van der Waals surface area contributed by atoms with Crippen LogP contribution in [-0.4, -0.2) is 17.5 Å². The van der Waals surface area contributed by atoms with Gasteiger partial charge < -0.3 is 17.0 Å². The number of unbranched alkanes of at least 4 members (excludes halogenated alkanes) is 12. The molecule has 0 radical (unpaired) electrons. The lowest BCUT2D eigenvalue weighted by Gasteiger charge is -2.17. The van der Waals surface area contributed by atoms with Crippen molar-refractivity contribution in [3.05, 3.63) is 70.8 Å². The highest BCUT2D eigenvalue weighted by Gasteiger charge is 2.12. The van der Waals surface area contributed by atoms with Gasteiger partial charge in [0.05, 0.1) is 0 Å². The van der Waals surface area contributed by atoms with Crippen molar-refractivity contribution in [3.8, 4) is 11.5 Å². The molecule has 0 atom stereocenters. The van der Waals surface area contributed by atoms with Crippen LogP contribution >= 0.6 is 0 Å². The number of hydrogen-bond acceptors (Lipinski definition) is 5. The first-order valence-corrected chi connectivity index (χ1v) is 17.5. The number of aryl methyl sites for hydroxylation is 2. The van der Waals surface area contributed by atoms with Gasteiger partial charge in [-0.2, -0.15) is 8.42 Å². The Labute approximate surface area is 269 Å². The molecule has 0 saturated carbocycles. The Kier molecular flexibility index (Phi) is 26.7. The van der Waals surface area contributed by atoms with Crippen molar-refractivity contribution in [2.45, 2.75) is 130 Å². The summed E-state index contributed by atoms with van der Waals surface area (Å²) in [5.74, 6) is 1.94. The van der Waals surface area contributed by atoms with Gasteiger partial charge in [0.2, 0.25) is 0 Å². The normalized spacial score (nSPS) is 11.1. The molecule has 252 valence electrons. The molecular formula is C36H62N2O5S. The van der Waals surface area contributed by atoms with Gasteiger partial charge in [-0.3, -0.25) is 9.11 Å². The molecule has 0 aliphatic carbocycles. The molecule has 0 bridgehead atoms. The summed E-state index contributed by atoms with van der Waals surface area (Å²) in [5.41, 5.74) is 5.27. The topological polar surface area (TPSA) is 154 Å². The van der Waals surface area contributed by atoms with Gasteiger partial charge in [0.25, 0.3) is 0 Å². The van der Waals surface area contributed by atoms with E-state index in [4.69, 9.17) is 22.3 Å². The Hall–Kier alpha value is -2.49. The van der Waals surface area contributed by atoms with Crippen LogP contribution in [0, 0.1) is 0 Å². The maximum absolute atomic E-state index is 8.74. The van der Waals surface area contributed by atoms with Crippen LogP contribution in [-0.2, 0) is 23.2 Å². The summed E-state index contributed by atoms with van der Waals surface area (Å²) < 4.78 is 38.3. The first-order chi connectivity index (χ1) is 20.2. The van der Waals surface area contributed by atoms with Gasteiger partial charge in [0.15, 0.2) is 0 Å². The average molecular weight is 635 g/mol. The molecule has 2 aromatic carbocycles. The second kappa shape index (κ2) is 26.9. The summed E-state index contributed by atoms with van der Waals surface area (Å²) in [7, 11) is -4.67. The Bertz CT molecular complexity index is 1080. The molecule has 0 unspecified atom stereocenters. The SMILES string of the molecule is CC=Cc1c(CCCCCCCCC)cccc1Oc1cccc(CCCCCCCCC)c1C=CC.N.N.O=S(=O)(O)O. The van der Waals surface area contributed by atoms with E-state index >= 15 is 0 Å². The van der Waals surface area contributed by atoms with E-state index in [1.54, 1.807) is 0 Å². The zero-order chi connectivity index (χ0) is 31.1. The Morgan fingerprint density at radius 1 is 0.591 bits per heavy atom. The Morgan fingerprint density at radius 2 is 0.909 bits per heavy atom. The quantitative estimate of drug-likeness (QED) is 0.0834. The third kappa shape index (κ3) is 20.5. The highest BCUT2D eigenvalue weighted by Crippen LogP contribution is 2.34. The van der Waals surface area contributed by atoms with Crippen LogP contribution in [0.5, 0.6) is 11.5 Å². The summed E-state index contributed by atoms with van der Waals surface area (Å²) in [4.78, 5) is 0. The van der Waals surface area contributed by atoms with Gasteiger partial charge in [0, 0.05) is 11.1 Å². The third-order valence-electron chi connectivity index (χ3n) is 7.30. The van der Waals surface area contributed by atoms with E-state index < -0.39 is 10.4 Å². The molecule has 2 rings (SSSR count). The highest BCUT2D eigenvalue weighted by molar-refractivity contribution is 7.79. The molecule has 0 aromatic heterocycles. The molecule has 0 saturated heterocycles. The fraction of sp³-hybridized carbons (Fsp3) is 0.556. The minimum absolute atomic E-state index is 0. The number of benzene rings is 2. The van der Waals surface area contributed by atoms with Crippen LogP contribution in [0.2, 0.25) is 0 Å². The van der Waals surface area contributed by atoms with Gasteiger partial charge in [-0.05, 0) is 62.8 Å². The van der Waals surface area contributed by atoms with E-state index in [-0.39, 0.29) is 12.3 Å². The largest absolute Gasteiger partial charge is 0.456 e. The predicted molar refractivity (Wildman–Crippen MR) is 190 cm³/mol. The van der Waals surface area contributed by atoms with E-state index in [0.29, 0.717) is 0 Å². The van der Waals surface area contributed by atoms with Crippen molar-refractivity contribution in [1.82, 2.24) is 12.3 Å². The van der Waals surface area contributed by atoms with Crippen LogP contribution in [0.4, 0.5) is 0 Å². The first kappa shape index (κ1) is 43.6. The molecule has 44 heavy (non-hydrogen) atoms. The van der Waals surface area contributed by atoms with E-state index in [0.717, 1.165) is 24.3 Å². The average Bonchev–Trinajstić information content (AvgIpc) is 2.94. The number of ether oxygens (including phenoxy) is 1. The Balaban J connectivity index is 0. The number of rotatable bonds is 20. The van der Waals surface area contributed by atoms with Gasteiger partial charge in [-0.25, -0.2) is 0 Å². The lowest BCUT2D eigenvalue weighted by atomic mass is 9.98. The van der Waals surface area contributed by atoms with Crippen LogP contribution in [0.3, 0.4) is 0 Å². The lowest BCUT2D eigenvalue weighted by molar-refractivity contribution is 0.381. The molecule has 8 N–H and O–H groups in total. The molecule has 0 aliphatic rings. The second-order valence-corrected chi connectivity index (χ2v) is 11.8. The summed E-state index contributed by atoms with van der Waals surface area (Å²) >= 11 is 0. The van der Waals surface area contributed by atoms with E-state index in [1.165, 1.54) is 112 Å². The smallest absolute Gasteiger partial charge is 0.394 e. The number of hydrogen-bond donors (Lipinski definition) is 4. The molecule has 0 amide bonds. The van der Waals surface area contributed by atoms with Crippen molar-refractivity contribution < 1.29 is 22.3 Å². The second-order valence-electron chi connectivity index (χ2n) is 11.0.